The van der Waals surface area contributed by atoms with Crippen LogP contribution in [0.3, 0.4) is 0 Å². The fourth-order valence-corrected chi connectivity index (χ4v) is 4.20. The van der Waals surface area contributed by atoms with E-state index in [1.165, 1.54) is 25.3 Å². The van der Waals surface area contributed by atoms with E-state index < -0.39 is 11.6 Å². The molecule has 1 aliphatic carbocycles. The van der Waals surface area contributed by atoms with E-state index in [1.807, 2.05) is 4.90 Å². The highest BCUT2D eigenvalue weighted by molar-refractivity contribution is 5.89. The molecule has 0 radical (unpaired) electrons. The molecular formula is C19H27ClF2N4O. The Morgan fingerprint density at radius 1 is 1.07 bits per heavy atom. The first-order valence-electron chi connectivity index (χ1n) is 9.58. The predicted molar refractivity (Wildman–Crippen MR) is 104 cm³/mol. The monoisotopic (exact) mass is 400 g/mol. The highest BCUT2D eigenvalue weighted by Gasteiger charge is 2.25. The molecule has 0 amide bonds. The van der Waals surface area contributed by atoms with Crippen LogP contribution in [0.1, 0.15) is 32.1 Å². The minimum absolute atomic E-state index is 0. The molecule has 0 unspecified atom stereocenters. The van der Waals surface area contributed by atoms with Gasteiger partial charge in [-0.1, -0.05) is 5.16 Å². The van der Waals surface area contributed by atoms with E-state index in [4.69, 9.17) is 10.3 Å². The molecule has 1 saturated carbocycles. The molecule has 1 saturated heterocycles. The van der Waals surface area contributed by atoms with Gasteiger partial charge < -0.3 is 15.2 Å². The summed E-state index contributed by atoms with van der Waals surface area (Å²) in [5.41, 5.74) is 6.27. The van der Waals surface area contributed by atoms with Gasteiger partial charge in [0.15, 0.2) is 23.0 Å². The van der Waals surface area contributed by atoms with Crippen LogP contribution in [-0.4, -0.2) is 48.8 Å². The minimum atomic E-state index is -0.878. The molecule has 2 aliphatic rings. The molecule has 4 rings (SSSR count). The first-order chi connectivity index (χ1) is 12.6. The van der Waals surface area contributed by atoms with Gasteiger partial charge >= 0.3 is 0 Å². The summed E-state index contributed by atoms with van der Waals surface area (Å²) in [6.07, 6.45) is 6.02. The van der Waals surface area contributed by atoms with Crippen LogP contribution in [0, 0.1) is 17.6 Å². The lowest BCUT2D eigenvalue weighted by Gasteiger charge is -2.36. The maximum atomic E-state index is 14.2. The number of rotatable bonds is 4. The summed E-state index contributed by atoms with van der Waals surface area (Å²) in [4.78, 5) is 4.44. The molecular weight excluding hydrogens is 374 g/mol. The molecule has 1 aromatic carbocycles. The Kier molecular flexibility index (Phi) is 6.55. The average Bonchev–Trinajstić information content (AvgIpc) is 3.09. The minimum Gasteiger partial charge on any atom is -0.354 e. The van der Waals surface area contributed by atoms with Gasteiger partial charge in [0.2, 0.25) is 0 Å². The molecule has 2 heterocycles. The van der Waals surface area contributed by atoms with Gasteiger partial charge in [0.1, 0.15) is 5.39 Å². The topological polar surface area (TPSA) is 58.5 Å². The molecule has 0 atom stereocenters. The van der Waals surface area contributed by atoms with Gasteiger partial charge in [-0.25, -0.2) is 8.78 Å². The third-order valence-electron chi connectivity index (χ3n) is 5.93. The highest BCUT2D eigenvalue weighted by atomic mass is 35.5. The van der Waals surface area contributed by atoms with Crippen LogP contribution >= 0.6 is 12.4 Å². The Morgan fingerprint density at radius 2 is 1.78 bits per heavy atom. The van der Waals surface area contributed by atoms with Crippen LogP contribution in [-0.2, 0) is 0 Å². The van der Waals surface area contributed by atoms with Crippen molar-refractivity contribution in [2.75, 3.05) is 37.6 Å². The van der Waals surface area contributed by atoms with Crippen molar-refractivity contribution in [1.82, 2.24) is 10.1 Å². The van der Waals surface area contributed by atoms with Crippen molar-refractivity contribution in [2.45, 2.75) is 38.1 Å². The van der Waals surface area contributed by atoms with Crippen molar-refractivity contribution in [3.05, 3.63) is 23.8 Å². The van der Waals surface area contributed by atoms with Crippen LogP contribution in [0.4, 0.5) is 14.6 Å². The van der Waals surface area contributed by atoms with Crippen molar-refractivity contribution in [1.29, 1.82) is 0 Å². The number of nitrogens with zero attached hydrogens (tertiary/aromatic N) is 3. The number of nitrogens with two attached hydrogens (primary N) is 1. The largest absolute Gasteiger partial charge is 0.354 e. The molecule has 2 N–H and O–H groups in total. The quantitative estimate of drug-likeness (QED) is 0.850. The van der Waals surface area contributed by atoms with Crippen LogP contribution in [0.15, 0.2) is 16.7 Å². The molecule has 5 nitrogen and oxygen atoms in total. The molecule has 1 aliphatic heterocycles. The Labute approximate surface area is 164 Å². The van der Waals surface area contributed by atoms with Gasteiger partial charge in [-0.05, 0) is 56.7 Å². The van der Waals surface area contributed by atoms with E-state index in [-0.39, 0.29) is 23.4 Å². The standard InChI is InChI=1S/C19H26F2N4O.ClH/c20-15-5-6-16-17(18(15)21)19(23-26-16)25-11-9-24(10-12-25)8-7-13-1-3-14(22)4-2-13;/h5-6,13-14H,1-4,7-12,22H2;1H/t13-,14-;. The van der Waals surface area contributed by atoms with Crippen LogP contribution in [0.2, 0.25) is 0 Å². The van der Waals surface area contributed by atoms with Crippen LogP contribution in [0.5, 0.6) is 0 Å². The molecule has 27 heavy (non-hydrogen) atoms. The molecule has 2 fully saturated rings. The van der Waals surface area contributed by atoms with Gasteiger partial charge in [-0.3, -0.25) is 4.90 Å². The Morgan fingerprint density at radius 3 is 2.48 bits per heavy atom. The fourth-order valence-electron chi connectivity index (χ4n) is 4.20. The summed E-state index contributed by atoms with van der Waals surface area (Å²) in [5, 5.41) is 4.14. The molecule has 1 aromatic heterocycles. The van der Waals surface area contributed by atoms with E-state index in [1.54, 1.807) is 0 Å². The van der Waals surface area contributed by atoms with Crippen LogP contribution in [0.25, 0.3) is 11.0 Å². The lowest BCUT2D eigenvalue weighted by molar-refractivity contribution is 0.216. The SMILES string of the molecule is Cl.N[C@H]1CC[C@H](CCN2CCN(c3noc4ccc(F)c(F)c34)CC2)CC1. The maximum Gasteiger partial charge on any atom is 0.183 e. The number of hydrogen-bond acceptors (Lipinski definition) is 5. The number of fused-ring (bicyclic) bond motifs is 1. The summed E-state index contributed by atoms with van der Waals surface area (Å²) in [6.45, 7) is 4.38. The highest BCUT2D eigenvalue weighted by Crippen LogP contribution is 2.31. The van der Waals surface area contributed by atoms with Crippen molar-refractivity contribution in [2.24, 2.45) is 11.7 Å². The second kappa shape index (κ2) is 8.71. The first kappa shape index (κ1) is 20.3. The second-order valence-electron chi connectivity index (χ2n) is 7.64. The number of piperazine rings is 1. The van der Waals surface area contributed by atoms with E-state index in [0.717, 1.165) is 57.5 Å². The summed E-state index contributed by atoms with van der Waals surface area (Å²) < 4.78 is 32.9. The summed E-state index contributed by atoms with van der Waals surface area (Å²) in [5.74, 6) is -0.535. The summed E-state index contributed by atoms with van der Waals surface area (Å²) in [6, 6.07) is 2.90. The van der Waals surface area contributed by atoms with E-state index in [2.05, 4.69) is 10.1 Å². The predicted octanol–water partition coefficient (Wildman–Crippen LogP) is 3.56. The zero-order chi connectivity index (χ0) is 18.1. The van der Waals surface area contributed by atoms with Crippen molar-refractivity contribution >= 4 is 29.2 Å². The third kappa shape index (κ3) is 4.36. The zero-order valence-corrected chi connectivity index (χ0v) is 16.2. The number of benzene rings is 1. The van der Waals surface area contributed by atoms with Gasteiger partial charge in [0.05, 0.1) is 0 Å². The normalized spacial score (nSPS) is 24.2. The Hall–Kier alpha value is -1.44. The van der Waals surface area contributed by atoms with Gasteiger partial charge in [0, 0.05) is 32.2 Å². The lowest BCUT2D eigenvalue weighted by atomic mass is 9.84. The van der Waals surface area contributed by atoms with Crippen molar-refractivity contribution in [3.8, 4) is 0 Å². The second-order valence-corrected chi connectivity index (χ2v) is 7.64. The van der Waals surface area contributed by atoms with E-state index >= 15 is 0 Å². The van der Waals surface area contributed by atoms with Gasteiger partial charge in [-0.15, -0.1) is 12.4 Å². The number of halogens is 3. The lowest BCUT2D eigenvalue weighted by Crippen LogP contribution is -2.47. The average molecular weight is 401 g/mol. The maximum absolute atomic E-state index is 14.2. The number of anilines is 1. The van der Waals surface area contributed by atoms with Gasteiger partial charge in [-0.2, -0.15) is 0 Å². The fraction of sp³-hybridized carbons (Fsp3) is 0.632. The van der Waals surface area contributed by atoms with Crippen molar-refractivity contribution < 1.29 is 13.3 Å². The molecule has 2 aromatic rings. The van der Waals surface area contributed by atoms with Crippen LogP contribution < -0.4 is 10.6 Å². The van der Waals surface area contributed by atoms with Crippen molar-refractivity contribution in [3.63, 3.8) is 0 Å². The van der Waals surface area contributed by atoms with E-state index in [0.29, 0.717) is 11.9 Å². The number of hydrogen-bond donors (Lipinski definition) is 1. The third-order valence-corrected chi connectivity index (χ3v) is 5.93. The molecule has 150 valence electrons. The Balaban J connectivity index is 0.00000210. The summed E-state index contributed by atoms with van der Waals surface area (Å²) in [7, 11) is 0. The summed E-state index contributed by atoms with van der Waals surface area (Å²) >= 11 is 0. The molecule has 0 spiro atoms. The zero-order valence-electron chi connectivity index (χ0n) is 15.4. The number of aromatic nitrogens is 1. The van der Waals surface area contributed by atoms with Gasteiger partial charge in [0.25, 0.3) is 0 Å². The first-order valence-corrected chi connectivity index (χ1v) is 9.58. The smallest absolute Gasteiger partial charge is 0.183 e. The molecule has 0 bridgehead atoms. The molecule has 8 heteroatoms. The Bertz CT molecular complexity index is 755. The van der Waals surface area contributed by atoms with E-state index in [9.17, 15) is 8.78 Å².